The molecule has 3 nitrogen and oxygen atoms in total. The molecular weight excluding hydrogens is 343 g/mol. The van der Waals surface area contributed by atoms with Gasteiger partial charge in [-0.05, 0) is 49.3 Å². The van der Waals surface area contributed by atoms with Gasteiger partial charge in [-0.1, -0.05) is 25.5 Å². The summed E-state index contributed by atoms with van der Waals surface area (Å²) in [4.78, 5) is 14.3. The van der Waals surface area contributed by atoms with Gasteiger partial charge in [0, 0.05) is 18.5 Å². The largest absolute Gasteiger partial charge is 0.416 e. The maximum Gasteiger partial charge on any atom is 0.416 e. The van der Waals surface area contributed by atoms with E-state index in [9.17, 15) is 23.1 Å². The van der Waals surface area contributed by atoms with Crippen molar-refractivity contribution in [1.82, 2.24) is 4.90 Å². The number of likely N-dealkylation sites (tertiary alicyclic amines) is 1. The fourth-order valence-corrected chi connectivity index (χ4v) is 4.54. The molecule has 1 spiro atoms. The van der Waals surface area contributed by atoms with Crippen molar-refractivity contribution in [2.45, 2.75) is 51.1 Å². The topological polar surface area (TPSA) is 40.5 Å². The predicted molar refractivity (Wildman–Crippen MR) is 92.5 cm³/mol. The van der Waals surface area contributed by atoms with Crippen LogP contribution in [0.25, 0.3) is 0 Å². The Morgan fingerprint density at radius 3 is 2.50 bits per heavy atom. The molecular formula is C20H26F3NO2. The number of aliphatic hydroxyl groups excluding tert-OH is 1. The standard InChI is InChI=1S/C20H26F3NO2/c1-2-3-16(11-25)18(26)24-12-19(13-24)9-8-15(10-19)14-4-6-17(7-5-14)20(21,22)23/h4-7,15-16,25H,2-3,8-13H2,1H3/t15?,16-/m1/s1. The molecule has 1 saturated heterocycles. The van der Waals surface area contributed by atoms with Gasteiger partial charge in [0.25, 0.3) is 0 Å². The van der Waals surface area contributed by atoms with Crippen LogP contribution in [-0.2, 0) is 11.0 Å². The second-order valence-corrected chi connectivity index (χ2v) is 7.92. The number of rotatable bonds is 5. The second kappa shape index (κ2) is 7.22. The molecule has 2 fully saturated rings. The molecule has 1 aliphatic heterocycles. The van der Waals surface area contributed by atoms with Gasteiger partial charge in [0.15, 0.2) is 0 Å². The second-order valence-electron chi connectivity index (χ2n) is 7.92. The van der Waals surface area contributed by atoms with Crippen LogP contribution in [0.3, 0.4) is 0 Å². The van der Waals surface area contributed by atoms with Crippen LogP contribution in [0.15, 0.2) is 24.3 Å². The van der Waals surface area contributed by atoms with Crippen LogP contribution in [0.1, 0.15) is 56.1 Å². The SMILES string of the molecule is CCC[C@H](CO)C(=O)N1CC2(CCC(c3ccc(C(F)(F)F)cc3)C2)C1. The highest BCUT2D eigenvalue weighted by Gasteiger charge is 2.50. The number of hydrogen-bond donors (Lipinski definition) is 1. The summed E-state index contributed by atoms with van der Waals surface area (Å²) in [5.41, 5.74) is 0.453. The number of alkyl halides is 3. The molecule has 1 heterocycles. The molecule has 1 amide bonds. The van der Waals surface area contributed by atoms with Crippen LogP contribution in [0.2, 0.25) is 0 Å². The van der Waals surface area contributed by atoms with Crippen molar-refractivity contribution in [2.24, 2.45) is 11.3 Å². The van der Waals surface area contributed by atoms with E-state index in [1.54, 1.807) is 12.1 Å². The molecule has 0 aromatic heterocycles. The molecule has 2 aliphatic rings. The third kappa shape index (κ3) is 3.75. The summed E-state index contributed by atoms with van der Waals surface area (Å²) in [7, 11) is 0. The van der Waals surface area contributed by atoms with Crippen molar-refractivity contribution >= 4 is 5.91 Å². The number of amides is 1. The van der Waals surface area contributed by atoms with E-state index in [-0.39, 0.29) is 29.8 Å². The molecule has 2 atom stereocenters. The highest BCUT2D eigenvalue weighted by molar-refractivity contribution is 5.80. The summed E-state index contributed by atoms with van der Waals surface area (Å²) in [5.74, 6) is 0.00114. The fraction of sp³-hybridized carbons (Fsp3) is 0.650. The van der Waals surface area contributed by atoms with Gasteiger partial charge in [-0.25, -0.2) is 0 Å². The van der Waals surface area contributed by atoms with E-state index in [1.807, 2.05) is 11.8 Å². The summed E-state index contributed by atoms with van der Waals surface area (Å²) in [5, 5.41) is 9.40. The van der Waals surface area contributed by atoms with Crippen LogP contribution < -0.4 is 0 Å². The third-order valence-electron chi connectivity index (χ3n) is 5.98. The number of hydrogen-bond acceptors (Lipinski definition) is 2. The van der Waals surface area contributed by atoms with Gasteiger partial charge in [0.2, 0.25) is 5.91 Å². The minimum atomic E-state index is -4.30. The lowest BCUT2D eigenvalue weighted by atomic mass is 9.76. The molecule has 6 heteroatoms. The molecule has 1 aromatic rings. The van der Waals surface area contributed by atoms with Gasteiger partial charge in [-0.2, -0.15) is 13.2 Å². The van der Waals surface area contributed by atoms with E-state index >= 15 is 0 Å². The minimum Gasteiger partial charge on any atom is -0.396 e. The Hall–Kier alpha value is -1.56. The zero-order valence-corrected chi connectivity index (χ0v) is 15.1. The normalized spacial score (nSPS) is 23.1. The smallest absolute Gasteiger partial charge is 0.396 e. The lowest BCUT2D eigenvalue weighted by Gasteiger charge is -2.49. The summed E-state index contributed by atoms with van der Waals surface area (Å²) in [6.45, 7) is 3.32. The fourth-order valence-electron chi connectivity index (χ4n) is 4.54. The minimum absolute atomic E-state index is 0.0398. The first-order valence-corrected chi connectivity index (χ1v) is 9.35. The average molecular weight is 369 g/mol. The van der Waals surface area contributed by atoms with Gasteiger partial charge in [-0.3, -0.25) is 4.79 Å². The summed E-state index contributed by atoms with van der Waals surface area (Å²) >= 11 is 0. The Balaban J connectivity index is 1.57. The van der Waals surface area contributed by atoms with E-state index in [0.29, 0.717) is 19.5 Å². The van der Waals surface area contributed by atoms with Crippen molar-refractivity contribution < 1.29 is 23.1 Å². The van der Waals surface area contributed by atoms with Crippen molar-refractivity contribution in [3.05, 3.63) is 35.4 Å². The zero-order chi connectivity index (χ0) is 18.9. The van der Waals surface area contributed by atoms with E-state index in [4.69, 9.17) is 0 Å². The van der Waals surface area contributed by atoms with Crippen LogP contribution in [0.4, 0.5) is 13.2 Å². The summed E-state index contributed by atoms with van der Waals surface area (Å²) < 4.78 is 38.1. The first-order valence-electron chi connectivity index (χ1n) is 9.35. The van der Waals surface area contributed by atoms with Crippen molar-refractivity contribution in [1.29, 1.82) is 0 Å². The average Bonchev–Trinajstić information content (AvgIpc) is 3.03. The Morgan fingerprint density at radius 1 is 1.31 bits per heavy atom. The van der Waals surface area contributed by atoms with E-state index < -0.39 is 11.7 Å². The van der Waals surface area contributed by atoms with Gasteiger partial charge >= 0.3 is 6.18 Å². The number of nitrogens with zero attached hydrogens (tertiary/aromatic N) is 1. The summed E-state index contributed by atoms with van der Waals surface area (Å²) in [6.07, 6.45) is 0.135. The molecule has 1 saturated carbocycles. The van der Waals surface area contributed by atoms with Gasteiger partial charge in [0.1, 0.15) is 0 Å². The van der Waals surface area contributed by atoms with Crippen LogP contribution in [-0.4, -0.2) is 35.6 Å². The highest BCUT2D eigenvalue weighted by Crippen LogP contribution is 2.52. The third-order valence-corrected chi connectivity index (χ3v) is 5.98. The van der Waals surface area contributed by atoms with Crippen molar-refractivity contribution in [3.8, 4) is 0 Å². The first-order chi connectivity index (χ1) is 12.3. The molecule has 3 rings (SSSR count). The van der Waals surface area contributed by atoms with E-state index in [1.165, 1.54) is 0 Å². The Kier molecular flexibility index (Phi) is 5.33. The van der Waals surface area contributed by atoms with Crippen molar-refractivity contribution in [3.63, 3.8) is 0 Å². The lowest BCUT2D eigenvalue weighted by Crippen LogP contribution is -2.59. The molecule has 1 aromatic carbocycles. The highest BCUT2D eigenvalue weighted by atomic mass is 19.4. The molecule has 1 aliphatic carbocycles. The predicted octanol–water partition coefficient (Wildman–Crippen LogP) is 4.21. The monoisotopic (exact) mass is 369 g/mol. The van der Waals surface area contributed by atoms with Crippen LogP contribution >= 0.6 is 0 Å². The van der Waals surface area contributed by atoms with E-state index in [2.05, 4.69) is 0 Å². The number of carbonyl (C=O) groups is 1. The first kappa shape index (κ1) is 19.2. The van der Waals surface area contributed by atoms with Crippen LogP contribution in [0.5, 0.6) is 0 Å². The Labute approximate surface area is 152 Å². The molecule has 0 radical (unpaired) electrons. The van der Waals surface area contributed by atoms with E-state index in [0.717, 1.165) is 43.4 Å². The molecule has 0 bridgehead atoms. The number of benzene rings is 1. The quantitative estimate of drug-likeness (QED) is 0.845. The Bertz CT molecular complexity index is 635. The maximum absolute atomic E-state index is 12.7. The number of carbonyl (C=O) groups excluding carboxylic acids is 1. The Morgan fingerprint density at radius 2 is 1.96 bits per heavy atom. The lowest BCUT2D eigenvalue weighted by molar-refractivity contribution is -0.149. The molecule has 26 heavy (non-hydrogen) atoms. The maximum atomic E-state index is 12.7. The van der Waals surface area contributed by atoms with Gasteiger partial charge in [-0.15, -0.1) is 0 Å². The number of aliphatic hydroxyl groups is 1. The van der Waals surface area contributed by atoms with Crippen LogP contribution in [0, 0.1) is 11.3 Å². The molecule has 144 valence electrons. The summed E-state index contributed by atoms with van der Waals surface area (Å²) in [6, 6.07) is 5.51. The number of halogens is 3. The van der Waals surface area contributed by atoms with Crippen molar-refractivity contribution in [2.75, 3.05) is 19.7 Å². The molecule has 1 N–H and O–H groups in total. The van der Waals surface area contributed by atoms with Gasteiger partial charge in [0.05, 0.1) is 18.1 Å². The molecule has 1 unspecified atom stereocenters. The zero-order valence-electron chi connectivity index (χ0n) is 15.1. The van der Waals surface area contributed by atoms with Gasteiger partial charge < -0.3 is 10.0 Å².